The van der Waals surface area contributed by atoms with E-state index in [2.05, 4.69) is 6.92 Å². The largest absolute Gasteiger partial charge is 0.478 e. The van der Waals surface area contributed by atoms with Crippen molar-refractivity contribution in [3.8, 4) is 0 Å². The van der Waals surface area contributed by atoms with Gasteiger partial charge in [0.2, 0.25) is 0 Å². The van der Waals surface area contributed by atoms with E-state index in [0.29, 0.717) is 11.7 Å². The fraction of sp³-hybridized carbons (Fsp3) is 0.556. The van der Waals surface area contributed by atoms with Crippen molar-refractivity contribution in [3.05, 3.63) is 29.8 Å². The maximum atomic E-state index is 10.7. The molecule has 0 bridgehead atoms. The Kier molecular flexibility index (Phi) is 13.4. The standard InChI is InChI=1S/C16H24O3S.C2H4O/c1-3-14(19-2)7-5-4-6-12-20-15-10-8-13(9-11-15)16(17)18;1-2-3/h8-11,14H,3-7,12H2,1-2H3,(H,17,18);2H,1H3. The Bertz CT molecular complexity index is 427. The molecule has 0 aliphatic carbocycles. The van der Waals surface area contributed by atoms with Gasteiger partial charge in [-0.2, -0.15) is 0 Å². The van der Waals surface area contributed by atoms with E-state index in [-0.39, 0.29) is 0 Å². The molecular weight excluding hydrogens is 312 g/mol. The van der Waals surface area contributed by atoms with Gasteiger partial charge >= 0.3 is 5.97 Å². The van der Waals surface area contributed by atoms with Crippen molar-refractivity contribution in [1.82, 2.24) is 0 Å². The van der Waals surface area contributed by atoms with Crippen molar-refractivity contribution in [2.45, 2.75) is 57.0 Å². The van der Waals surface area contributed by atoms with Gasteiger partial charge in [0.05, 0.1) is 11.7 Å². The molecule has 1 atom stereocenters. The van der Waals surface area contributed by atoms with E-state index in [4.69, 9.17) is 14.6 Å². The van der Waals surface area contributed by atoms with Crippen LogP contribution in [-0.4, -0.2) is 36.3 Å². The van der Waals surface area contributed by atoms with Gasteiger partial charge in [0.25, 0.3) is 0 Å². The van der Waals surface area contributed by atoms with E-state index in [1.54, 1.807) is 31.0 Å². The highest BCUT2D eigenvalue weighted by molar-refractivity contribution is 7.99. The molecule has 130 valence electrons. The summed E-state index contributed by atoms with van der Waals surface area (Å²) in [6, 6.07) is 7.09. The molecule has 0 fully saturated rings. The fourth-order valence-electron chi connectivity index (χ4n) is 2.02. The molecule has 0 amide bonds. The van der Waals surface area contributed by atoms with Gasteiger partial charge in [-0.1, -0.05) is 19.8 Å². The highest BCUT2D eigenvalue weighted by atomic mass is 32.2. The lowest BCUT2D eigenvalue weighted by Gasteiger charge is -2.12. The maximum Gasteiger partial charge on any atom is 0.335 e. The number of unbranched alkanes of at least 4 members (excludes halogenated alkanes) is 2. The van der Waals surface area contributed by atoms with Crippen molar-refractivity contribution < 1.29 is 19.4 Å². The Morgan fingerprint density at radius 2 is 1.87 bits per heavy atom. The molecule has 1 unspecified atom stereocenters. The molecule has 0 aromatic heterocycles. The van der Waals surface area contributed by atoms with Gasteiger partial charge in [0.15, 0.2) is 0 Å². The van der Waals surface area contributed by atoms with Crippen molar-refractivity contribution in [2.24, 2.45) is 0 Å². The van der Waals surface area contributed by atoms with Crippen LogP contribution in [0, 0.1) is 0 Å². The van der Waals surface area contributed by atoms with E-state index in [9.17, 15) is 4.79 Å². The molecule has 1 rings (SSSR count). The summed E-state index contributed by atoms with van der Waals surface area (Å²) in [6.45, 7) is 3.60. The third kappa shape index (κ3) is 10.9. The van der Waals surface area contributed by atoms with Gasteiger partial charge in [-0.05, 0) is 56.2 Å². The van der Waals surface area contributed by atoms with Crippen LogP contribution in [0.2, 0.25) is 0 Å². The number of thioether (sulfide) groups is 1. The fourth-order valence-corrected chi connectivity index (χ4v) is 2.94. The Balaban J connectivity index is 0.00000149. The first-order valence-electron chi connectivity index (χ1n) is 7.97. The third-order valence-electron chi connectivity index (χ3n) is 3.33. The molecule has 0 aliphatic rings. The number of ether oxygens (including phenoxy) is 1. The Hall–Kier alpha value is -1.33. The topological polar surface area (TPSA) is 63.6 Å². The van der Waals surface area contributed by atoms with Crippen LogP contribution in [-0.2, 0) is 9.53 Å². The van der Waals surface area contributed by atoms with Gasteiger partial charge in [-0.3, -0.25) is 0 Å². The SMILES string of the molecule is CC=O.CCC(CCCCCSc1ccc(C(=O)O)cc1)OC. The Morgan fingerprint density at radius 1 is 1.26 bits per heavy atom. The first kappa shape index (κ1) is 21.7. The summed E-state index contributed by atoms with van der Waals surface area (Å²) < 4.78 is 5.35. The molecule has 1 aromatic carbocycles. The number of hydrogen-bond donors (Lipinski definition) is 1. The van der Waals surface area contributed by atoms with Gasteiger partial charge in [0.1, 0.15) is 6.29 Å². The molecule has 23 heavy (non-hydrogen) atoms. The number of aldehydes is 1. The minimum absolute atomic E-state index is 0.347. The van der Waals surface area contributed by atoms with Crippen LogP contribution in [0.15, 0.2) is 29.2 Å². The number of hydrogen-bond acceptors (Lipinski definition) is 4. The molecule has 0 saturated heterocycles. The minimum atomic E-state index is -0.870. The lowest BCUT2D eigenvalue weighted by molar-refractivity contribution is -0.106. The Morgan fingerprint density at radius 3 is 2.35 bits per heavy atom. The highest BCUT2D eigenvalue weighted by Crippen LogP contribution is 2.20. The summed E-state index contributed by atoms with van der Waals surface area (Å²) in [4.78, 5) is 20.7. The molecule has 0 heterocycles. The number of rotatable bonds is 10. The summed E-state index contributed by atoms with van der Waals surface area (Å²) >= 11 is 1.79. The number of carbonyl (C=O) groups is 2. The van der Waals surface area contributed by atoms with Crippen molar-refractivity contribution in [1.29, 1.82) is 0 Å². The first-order chi connectivity index (χ1) is 11.1. The average molecular weight is 340 g/mol. The zero-order valence-corrected chi connectivity index (χ0v) is 15.1. The van der Waals surface area contributed by atoms with E-state index >= 15 is 0 Å². The monoisotopic (exact) mass is 340 g/mol. The third-order valence-corrected chi connectivity index (χ3v) is 4.43. The van der Waals surface area contributed by atoms with Crippen LogP contribution in [0.5, 0.6) is 0 Å². The quantitative estimate of drug-likeness (QED) is 0.381. The van der Waals surface area contributed by atoms with E-state index < -0.39 is 5.97 Å². The molecule has 1 N–H and O–H groups in total. The summed E-state index contributed by atoms with van der Waals surface area (Å²) in [5, 5.41) is 8.82. The second-order valence-corrected chi connectivity index (χ2v) is 6.20. The number of benzene rings is 1. The molecule has 0 radical (unpaired) electrons. The first-order valence-corrected chi connectivity index (χ1v) is 8.96. The van der Waals surface area contributed by atoms with Crippen LogP contribution >= 0.6 is 11.8 Å². The minimum Gasteiger partial charge on any atom is -0.478 e. The van der Waals surface area contributed by atoms with Crippen molar-refractivity contribution >= 4 is 24.0 Å². The second kappa shape index (κ2) is 14.3. The zero-order valence-electron chi connectivity index (χ0n) is 14.3. The van der Waals surface area contributed by atoms with Gasteiger partial charge in [-0.15, -0.1) is 11.8 Å². The van der Waals surface area contributed by atoms with E-state index in [1.807, 2.05) is 12.1 Å². The van der Waals surface area contributed by atoms with Crippen LogP contribution in [0.1, 0.15) is 56.3 Å². The number of carboxylic acid groups (broad SMARTS) is 1. The zero-order chi connectivity index (χ0) is 17.5. The number of aromatic carboxylic acids is 1. The summed E-state index contributed by atoms with van der Waals surface area (Å²) in [5.41, 5.74) is 0.347. The van der Waals surface area contributed by atoms with Crippen LogP contribution < -0.4 is 0 Å². The summed E-state index contributed by atoms with van der Waals surface area (Å²) in [7, 11) is 1.78. The molecule has 5 heteroatoms. The molecule has 0 spiro atoms. The molecule has 1 aromatic rings. The summed E-state index contributed by atoms with van der Waals surface area (Å²) in [6.07, 6.45) is 7.01. The van der Waals surface area contributed by atoms with Crippen LogP contribution in [0.4, 0.5) is 0 Å². The van der Waals surface area contributed by atoms with Crippen molar-refractivity contribution in [2.75, 3.05) is 12.9 Å². The molecular formula is C18H28O4S. The predicted octanol–water partition coefficient (Wildman–Crippen LogP) is 4.67. The Labute approximate surface area is 143 Å². The van der Waals surface area contributed by atoms with Gasteiger partial charge < -0.3 is 14.6 Å². The lowest BCUT2D eigenvalue weighted by atomic mass is 10.1. The van der Waals surface area contributed by atoms with Gasteiger partial charge in [-0.25, -0.2) is 4.79 Å². The van der Waals surface area contributed by atoms with Crippen LogP contribution in [0.3, 0.4) is 0 Å². The number of methoxy groups -OCH3 is 1. The van der Waals surface area contributed by atoms with Crippen LogP contribution in [0.25, 0.3) is 0 Å². The molecule has 0 aliphatic heterocycles. The number of carbonyl (C=O) groups excluding carboxylic acids is 1. The summed E-state index contributed by atoms with van der Waals surface area (Å²) in [5.74, 6) is 0.209. The van der Waals surface area contributed by atoms with Crippen molar-refractivity contribution in [3.63, 3.8) is 0 Å². The maximum absolute atomic E-state index is 10.7. The van der Waals surface area contributed by atoms with Gasteiger partial charge in [0, 0.05) is 12.0 Å². The molecule has 4 nitrogen and oxygen atoms in total. The van der Waals surface area contributed by atoms with E-state index in [0.717, 1.165) is 29.8 Å². The molecule has 0 saturated carbocycles. The lowest BCUT2D eigenvalue weighted by Crippen LogP contribution is -2.08. The smallest absolute Gasteiger partial charge is 0.335 e. The highest BCUT2D eigenvalue weighted by Gasteiger charge is 2.04. The normalized spacial score (nSPS) is 11.3. The number of carboxylic acids is 1. The average Bonchev–Trinajstić information content (AvgIpc) is 2.55. The second-order valence-electron chi connectivity index (χ2n) is 5.03. The van der Waals surface area contributed by atoms with E-state index in [1.165, 1.54) is 26.2 Å². The predicted molar refractivity (Wildman–Crippen MR) is 95.4 cm³/mol.